The van der Waals surface area contributed by atoms with Gasteiger partial charge >= 0.3 is 6.18 Å². The van der Waals surface area contributed by atoms with Gasteiger partial charge in [-0.15, -0.1) is 0 Å². The van der Waals surface area contributed by atoms with Gasteiger partial charge in [-0.1, -0.05) is 35.3 Å². The quantitative estimate of drug-likeness (QED) is 0.278. The number of aliphatic hydroxyl groups is 1. The van der Waals surface area contributed by atoms with Crippen molar-refractivity contribution in [2.45, 2.75) is 34.5 Å². The van der Waals surface area contributed by atoms with Crippen LogP contribution in [0.25, 0.3) is 0 Å². The van der Waals surface area contributed by atoms with Crippen molar-refractivity contribution in [3.8, 4) is 0 Å². The minimum Gasteiger partial charge on any atom is -0.392 e. The summed E-state index contributed by atoms with van der Waals surface area (Å²) in [6, 6.07) is 9.99. The summed E-state index contributed by atoms with van der Waals surface area (Å²) in [5, 5.41) is 10.2. The van der Waals surface area contributed by atoms with Crippen LogP contribution < -0.4 is 15.6 Å². The number of halogens is 5. The van der Waals surface area contributed by atoms with Crippen molar-refractivity contribution in [1.29, 1.82) is 0 Å². The molecule has 1 aliphatic heterocycles. The van der Waals surface area contributed by atoms with Crippen molar-refractivity contribution in [1.82, 2.24) is 15.2 Å². The van der Waals surface area contributed by atoms with Crippen LogP contribution in [0.3, 0.4) is 0 Å². The molecule has 0 unspecified atom stereocenters. The molecular formula is C25H21Cl2F3N4O7S2. The Hall–Kier alpha value is -3.41. The summed E-state index contributed by atoms with van der Waals surface area (Å²) in [5.41, 5.74) is 2.41. The molecule has 230 valence electrons. The van der Waals surface area contributed by atoms with E-state index in [1.807, 2.05) is 4.72 Å². The minimum atomic E-state index is -4.70. The van der Waals surface area contributed by atoms with E-state index >= 15 is 0 Å². The Morgan fingerprint density at radius 2 is 1.58 bits per heavy atom. The maximum absolute atomic E-state index is 13.2. The average Bonchev–Trinajstić information content (AvgIpc) is 3.35. The molecule has 0 aliphatic carbocycles. The second-order valence-corrected chi connectivity index (χ2v) is 13.6. The third-order valence-corrected chi connectivity index (χ3v) is 10.2. The number of benzene rings is 3. The molecule has 0 aromatic heterocycles. The molecule has 0 bridgehead atoms. The fourth-order valence-corrected chi connectivity index (χ4v) is 7.23. The van der Waals surface area contributed by atoms with E-state index in [-0.39, 0.29) is 32.6 Å². The highest BCUT2D eigenvalue weighted by atomic mass is 35.5. The van der Waals surface area contributed by atoms with Gasteiger partial charge in [0.25, 0.3) is 21.8 Å². The molecule has 0 spiro atoms. The number of alkyl halides is 3. The number of β-amino-alcohol motifs (C(OH)–C–C–N with tert-alkyl or cyclic N) is 1. The number of hydrazine groups is 1. The molecule has 18 heteroatoms. The summed E-state index contributed by atoms with van der Waals surface area (Å²) < 4.78 is 93.7. The lowest BCUT2D eigenvalue weighted by atomic mass is 10.2. The standard InChI is InChI=1S/C25H21Cl2F3N4O7S2/c26-20-8-7-19(12-21(20)27)43(40,41)34-13-17(35)11-22(34)24(37)32-31-23(36)14-3-1-6-18(9-14)42(38,39)33-16-5-2-4-15(10-16)25(28,29)30/h1-10,12,17,22,33,35H,11,13H2,(H,31,36)(H,32,37)/t17-,22+/m1/s1. The van der Waals surface area contributed by atoms with Gasteiger partial charge in [-0.3, -0.25) is 25.2 Å². The molecule has 1 saturated heterocycles. The second kappa shape index (κ2) is 12.3. The lowest BCUT2D eigenvalue weighted by Crippen LogP contribution is -2.51. The van der Waals surface area contributed by atoms with Crippen LogP contribution in [0.5, 0.6) is 0 Å². The SMILES string of the molecule is O=C(NNC(=O)[C@@H]1C[C@@H](O)CN1S(=O)(=O)c1ccc(Cl)c(Cl)c1)c1cccc(S(=O)(=O)Nc2cccc(C(F)(F)F)c2)c1. The van der Waals surface area contributed by atoms with Crippen LogP contribution in [0.15, 0.2) is 76.5 Å². The number of aliphatic hydroxyl groups excluding tert-OH is 1. The van der Waals surface area contributed by atoms with Crippen LogP contribution in [-0.2, 0) is 31.0 Å². The molecule has 1 heterocycles. The first-order valence-corrected chi connectivity index (χ1v) is 15.7. The molecule has 2 amide bonds. The summed E-state index contributed by atoms with van der Waals surface area (Å²) >= 11 is 11.8. The lowest BCUT2D eigenvalue weighted by Gasteiger charge is -2.23. The third-order valence-electron chi connectivity index (χ3n) is 6.18. The predicted octanol–water partition coefficient (Wildman–Crippen LogP) is 3.40. The Balaban J connectivity index is 1.46. The van der Waals surface area contributed by atoms with Crippen molar-refractivity contribution in [3.63, 3.8) is 0 Å². The van der Waals surface area contributed by atoms with Crippen molar-refractivity contribution in [2.24, 2.45) is 0 Å². The van der Waals surface area contributed by atoms with E-state index < -0.39 is 67.2 Å². The molecule has 1 fully saturated rings. The number of hydrogen-bond donors (Lipinski definition) is 4. The van der Waals surface area contributed by atoms with Crippen molar-refractivity contribution >= 4 is 60.8 Å². The van der Waals surface area contributed by atoms with E-state index in [1.54, 1.807) is 0 Å². The van der Waals surface area contributed by atoms with E-state index in [0.717, 1.165) is 40.7 Å². The maximum atomic E-state index is 13.2. The molecule has 1 aliphatic rings. The Morgan fingerprint density at radius 3 is 2.26 bits per heavy atom. The number of carbonyl (C=O) groups excluding carboxylic acids is 2. The zero-order valence-electron chi connectivity index (χ0n) is 21.5. The molecule has 3 aromatic carbocycles. The number of nitrogens with one attached hydrogen (secondary N) is 3. The Morgan fingerprint density at radius 1 is 0.884 bits per heavy atom. The molecule has 11 nitrogen and oxygen atoms in total. The Labute approximate surface area is 253 Å². The normalized spacial score (nSPS) is 17.8. The minimum absolute atomic E-state index is 0.0509. The summed E-state index contributed by atoms with van der Waals surface area (Å²) in [5.74, 6) is -1.99. The summed E-state index contributed by atoms with van der Waals surface area (Å²) in [6.07, 6.45) is -6.20. The second-order valence-electron chi connectivity index (χ2n) is 9.21. The molecule has 43 heavy (non-hydrogen) atoms. The first-order valence-electron chi connectivity index (χ1n) is 12.0. The number of carbonyl (C=O) groups is 2. The van der Waals surface area contributed by atoms with Gasteiger partial charge in [0.15, 0.2) is 0 Å². The van der Waals surface area contributed by atoms with Gasteiger partial charge < -0.3 is 5.11 Å². The largest absolute Gasteiger partial charge is 0.416 e. The summed E-state index contributed by atoms with van der Waals surface area (Å²) in [4.78, 5) is 24.8. The zero-order chi connectivity index (χ0) is 31.7. The van der Waals surface area contributed by atoms with E-state index in [9.17, 15) is 44.7 Å². The summed E-state index contributed by atoms with van der Waals surface area (Å²) in [7, 11) is -8.78. The van der Waals surface area contributed by atoms with Gasteiger partial charge in [0.1, 0.15) is 6.04 Å². The molecule has 0 radical (unpaired) electrons. The predicted molar refractivity (Wildman–Crippen MR) is 149 cm³/mol. The molecule has 0 saturated carbocycles. The molecule has 4 N–H and O–H groups in total. The van der Waals surface area contributed by atoms with Crippen molar-refractivity contribution in [2.75, 3.05) is 11.3 Å². The van der Waals surface area contributed by atoms with Gasteiger partial charge in [0, 0.05) is 24.2 Å². The maximum Gasteiger partial charge on any atom is 0.416 e. The van der Waals surface area contributed by atoms with Crippen LogP contribution >= 0.6 is 23.2 Å². The first-order chi connectivity index (χ1) is 20.0. The van der Waals surface area contributed by atoms with E-state index in [0.29, 0.717) is 6.07 Å². The highest BCUT2D eigenvalue weighted by Crippen LogP contribution is 2.32. The number of sulfonamides is 2. The van der Waals surface area contributed by atoms with Crippen molar-refractivity contribution in [3.05, 3.63) is 87.9 Å². The highest BCUT2D eigenvalue weighted by molar-refractivity contribution is 7.92. The smallest absolute Gasteiger partial charge is 0.392 e. The molecular weight excluding hydrogens is 660 g/mol. The topological polar surface area (TPSA) is 162 Å². The number of anilines is 1. The molecule has 2 atom stereocenters. The average molecular weight is 681 g/mol. The monoisotopic (exact) mass is 680 g/mol. The number of rotatable bonds is 7. The zero-order valence-corrected chi connectivity index (χ0v) is 24.6. The lowest BCUT2D eigenvalue weighted by molar-refractivity contribution is -0.137. The van der Waals surface area contributed by atoms with Crippen molar-refractivity contribution < 1.29 is 44.7 Å². The van der Waals surface area contributed by atoms with E-state index in [2.05, 4.69) is 10.9 Å². The number of amides is 2. The molecule has 4 rings (SSSR count). The Bertz CT molecular complexity index is 1790. The number of hydrogen-bond acceptors (Lipinski definition) is 7. The van der Waals surface area contributed by atoms with Crippen LogP contribution in [0.4, 0.5) is 18.9 Å². The Kier molecular flexibility index (Phi) is 9.30. The van der Waals surface area contributed by atoms with Crippen LogP contribution in [-0.4, -0.2) is 56.8 Å². The van der Waals surface area contributed by atoms with Crippen LogP contribution in [0.1, 0.15) is 22.3 Å². The van der Waals surface area contributed by atoms with Crippen LogP contribution in [0.2, 0.25) is 10.0 Å². The fourth-order valence-electron chi connectivity index (χ4n) is 4.11. The van der Waals surface area contributed by atoms with Gasteiger partial charge in [-0.25, -0.2) is 16.8 Å². The van der Waals surface area contributed by atoms with Gasteiger partial charge in [0.2, 0.25) is 10.0 Å². The van der Waals surface area contributed by atoms with E-state index in [4.69, 9.17) is 23.2 Å². The third kappa shape index (κ3) is 7.39. The van der Waals surface area contributed by atoms with Gasteiger partial charge in [-0.05, 0) is 54.6 Å². The molecule has 3 aromatic rings. The fraction of sp³-hybridized carbons (Fsp3) is 0.200. The first kappa shape index (κ1) is 32.5. The van der Waals surface area contributed by atoms with Crippen LogP contribution in [0, 0.1) is 0 Å². The highest BCUT2D eigenvalue weighted by Gasteiger charge is 2.43. The van der Waals surface area contributed by atoms with E-state index in [1.165, 1.54) is 24.3 Å². The number of nitrogens with zero attached hydrogens (tertiary/aromatic N) is 1. The van der Waals surface area contributed by atoms with Gasteiger partial charge in [-0.2, -0.15) is 17.5 Å². The van der Waals surface area contributed by atoms with Gasteiger partial charge in [0.05, 0.1) is 31.5 Å². The summed E-state index contributed by atoms with van der Waals surface area (Å²) in [6.45, 7) is -0.423.